The van der Waals surface area contributed by atoms with Crippen LogP contribution in [0.3, 0.4) is 0 Å². The Morgan fingerprint density at radius 1 is 0.833 bits per heavy atom. The Morgan fingerprint density at radius 2 is 1.33 bits per heavy atom. The van der Waals surface area contributed by atoms with Crippen LogP contribution in [0.1, 0.15) is 13.0 Å². The number of para-hydroxylation sites is 1. The average molecular weight is 264 g/mol. The van der Waals surface area contributed by atoms with Gasteiger partial charge in [0.2, 0.25) is 0 Å². The van der Waals surface area contributed by atoms with Crippen molar-refractivity contribution in [3.8, 4) is 11.5 Å². The highest BCUT2D eigenvalue weighted by molar-refractivity contribution is 7.34. The fourth-order valence-corrected chi connectivity index (χ4v) is 2.01. The van der Waals surface area contributed by atoms with Crippen LogP contribution >= 0.6 is 8.25 Å². The van der Waals surface area contributed by atoms with Crippen molar-refractivity contribution in [1.82, 2.24) is 0 Å². The molecule has 0 saturated heterocycles. The third kappa shape index (κ3) is 4.27. The van der Waals surface area contributed by atoms with Crippen molar-refractivity contribution in [2.24, 2.45) is 0 Å². The van der Waals surface area contributed by atoms with E-state index in [1.807, 2.05) is 37.3 Å². The molecule has 0 aromatic heterocycles. The predicted molar refractivity (Wildman–Crippen MR) is 74.6 cm³/mol. The lowest BCUT2D eigenvalue weighted by Crippen LogP contribution is -1.88. The number of aryl methyl sites for hydroxylation is 1. The monoisotopic (exact) mass is 264 g/mol. The molecule has 0 bridgehead atoms. The second kappa shape index (κ2) is 6.87. The Kier molecular flexibility index (Phi) is 5.47. The Hall–Kier alpha value is -1.73. The van der Waals surface area contributed by atoms with E-state index in [9.17, 15) is 4.57 Å². The molecule has 96 valence electrons. The SMILES string of the molecule is C.Cc1ccc(O[PH](=O)Oc2ccccc2)cc1. The van der Waals surface area contributed by atoms with Gasteiger partial charge in [-0.2, -0.15) is 0 Å². The zero-order valence-corrected chi connectivity index (χ0v) is 10.4. The van der Waals surface area contributed by atoms with Crippen molar-refractivity contribution in [1.29, 1.82) is 0 Å². The van der Waals surface area contributed by atoms with Crippen molar-refractivity contribution in [3.63, 3.8) is 0 Å². The average Bonchev–Trinajstić information content (AvgIpc) is 2.33. The van der Waals surface area contributed by atoms with Crippen LogP contribution in [0.4, 0.5) is 0 Å². The molecule has 3 nitrogen and oxygen atoms in total. The number of hydrogen-bond donors (Lipinski definition) is 0. The van der Waals surface area contributed by atoms with Gasteiger partial charge >= 0.3 is 8.25 Å². The van der Waals surface area contributed by atoms with Crippen LogP contribution < -0.4 is 9.05 Å². The van der Waals surface area contributed by atoms with Crippen molar-refractivity contribution in [3.05, 3.63) is 60.2 Å². The van der Waals surface area contributed by atoms with Crippen LogP contribution in [0.5, 0.6) is 11.5 Å². The molecular formula is C14H17O3P. The van der Waals surface area contributed by atoms with Crippen molar-refractivity contribution >= 4 is 8.25 Å². The number of rotatable bonds is 4. The van der Waals surface area contributed by atoms with E-state index >= 15 is 0 Å². The molecule has 18 heavy (non-hydrogen) atoms. The van der Waals surface area contributed by atoms with Gasteiger partial charge in [-0.15, -0.1) is 0 Å². The van der Waals surface area contributed by atoms with Crippen molar-refractivity contribution in [2.45, 2.75) is 14.4 Å². The van der Waals surface area contributed by atoms with Gasteiger partial charge in [0.25, 0.3) is 0 Å². The maximum atomic E-state index is 11.6. The van der Waals surface area contributed by atoms with Gasteiger partial charge in [-0.25, -0.2) is 4.57 Å². The summed E-state index contributed by atoms with van der Waals surface area (Å²) in [5, 5.41) is 0. The topological polar surface area (TPSA) is 35.5 Å². The molecule has 4 heteroatoms. The van der Waals surface area contributed by atoms with Gasteiger partial charge in [0.05, 0.1) is 0 Å². The largest absolute Gasteiger partial charge is 0.418 e. The second-order valence-electron chi connectivity index (χ2n) is 3.58. The Bertz CT molecular complexity index is 494. The molecule has 0 aliphatic carbocycles. The van der Waals surface area contributed by atoms with Crippen LogP contribution in [0.2, 0.25) is 0 Å². The normalized spacial score (nSPS) is 11.2. The van der Waals surface area contributed by atoms with Gasteiger partial charge in [0.1, 0.15) is 11.5 Å². The third-order valence-corrected chi connectivity index (χ3v) is 2.97. The first-order valence-electron chi connectivity index (χ1n) is 5.25. The molecule has 0 aliphatic heterocycles. The summed E-state index contributed by atoms with van der Waals surface area (Å²) in [5.41, 5.74) is 1.13. The predicted octanol–water partition coefficient (Wildman–Crippen LogP) is 4.48. The molecule has 1 unspecified atom stereocenters. The fourth-order valence-electron chi connectivity index (χ4n) is 1.31. The Balaban J connectivity index is 0.00000162. The van der Waals surface area contributed by atoms with Gasteiger partial charge in [-0.3, -0.25) is 0 Å². The minimum atomic E-state index is -2.56. The molecule has 2 rings (SSSR count). The smallest absolute Gasteiger partial charge is 0.418 e. The van der Waals surface area contributed by atoms with Crippen LogP contribution in [0, 0.1) is 6.92 Å². The molecule has 2 aromatic carbocycles. The minimum Gasteiger partial charge on any atom is -0.418 e. The first-order valence-corrected chi connectivity index (χ1v) is 6.48. The van der Waals surface area contributed by atoms with E-state index in [1.54, 1.807) is 24.3 Å². The van der Waals surface area contributed by atoms with E-state index < -0.39 is 8.25 Å². The zero-order valence-electron chi connectivity index (χ0n) is 9.42. The lowest BCUT2D eigenvalue weighted by atomic mass is 10.2. The summed E-state index contributed by atoms with van der Waals surface area (Å²) in [5.74, 6) is 1.10. The maximum Gasteiger partial charge on any atom is 0.418 e. The molecule has 0 saturated carbocycles. The van der Waals surface area contributed by atoms with Gasteiger partial charge in [-0.05, 0) is 31.2 Å². The lowest BCUT2D eigenvalue weighted by molar-refractivity contribution is 0.415. The summed E-state index contributed by atoms with van der Waals surface area (Å²) in [7, 11) is -2.56. The summed E-state index contributed by atoms with van der Waals surface area (Å²) in [6.07, 6.45) is 0. The Labute approximate surface area is 108 Å². The fraction of sp³-hybridized carbons (Fsp3) is 0.143. The van der Waals surface area contributed by atoms with E-state index in [4.69, 9.17) is 9.05 Å². The minimum absolute atomic E-state index is 0. The maximum absolute atomic E-state index is 11.6. The highest BCUT2D eigenvalue weighted by Gasteiger charge is 2.03. The van der Waals surface area contributed by atoms with Crippen LogP contribution in [0.25, 0.3) is 0 Å². The lowest BCUT2D eigenvalue weighted by Gasteiger charge is -2.07. The summed E-state index contributed by atoms with van der Waals surface area (Å²) in [6.45, 7) is 1.98. The van der Waals surface area contributed by atoms with E-state index in [1.165, 1.54) is 0 Å². The molecule has 1 atom stereocenters. The first-order chi connectivity index (χ1) is 8.24. The second-order valence-corrected chi connectivity index (χ2v) is 4.49. The van der Waals surface area contributed by atoms with E-state index in [0.717, 1.165) is 5.56 Å². The van der Waals surface area contributed by atoms with Crippen LogP contribution in [-0.4, -0.2) is 0 Å². The molecule has 2 aromatic rings. The number of hydrogen-bond acceptors (Lipinski definition) is 3. The molecule has 0 radical (unpaired) electrons. The molecule has 0 N–H and O–H groups in total. The Morgan fingerprint density at radius 3 is 1.89 bits per heavy atom. The van der Waals surface area contributed by atoms with Crippen LogP contribution in [0.15, 0.2) is 54.6 Å². The third-order valence-electron chi connectivity index (χ3n) is 2.17. The van der Waals surface area contributed by atoms with Crippen molar-refractivity contribution < 1.29 is 13.6 Å². The van der Waals surface area contributed by atoms with E-state index in [2.05, 4.69) is 0 Å². The summed E-state index contributed by atoms with van der Waals surface area (Å²) >= 11 is 0. The molecule has 0 amide bonds. The highest BCUT2D eigenvalue weighted by atomic mass is 31.1. The molecular weight excluding hydrogens is 247 g/mol. The van der Waals surface area contributed by atoms with Crippen LogP contribution in [-0.2, 0) is 4.57 Å². The number of benzene rings is 2. The first kappa shape index (κ1) is 14.3. The van der Waals surface area contributed by atoms with Gasteiger partial charge in [0.15, 0.2) is 0 Å². The van der Waals surface area contributed by atoms with E-state index in [-0.39, 0.29) is 7.43 Å². The van der Waals surface area contributed by atoms with Gasteiger partial charge < -0.3 is 9.05 Å². The summed E-state index contributed by atoms with van der Waals surface area (Å²) in [4.78, 5) is 0. The molecule has 0 fully saturated rings. The summed E-state index contributed by atoms with van der Waals surface area (Å²) in [6, 6.07) is 16.3. The van der Waals surface area contributed by atoms with E-state index in [0.29, 0.717) is 11.5 Å². The van der Waals surface area contributed by atoms with Gasteiger partial charge in [0, 0.05) is 0 Å². The molecule has 0 aliphatic rings. The summed E-state index contributed by atoms with van der Waals surface area (Å²) < 4.78 is 22.0. The van der Waals surface area contributed by atoms with Gasteiger partial charge in [-0.1, -0.05) is 43.3 Å². The zero-order chi connectivity index (χ0) is 12.1. The molecule has 0 heterocycles. The highest BCUT2D eigenvalue weighted by Crippen LogP contribution is 2.30. The standard InChI is InChI=1S/C13H13O3P.CH4/c1-11-7-9-13(10-8-11)16-17(14)15-12-5-3-2-4-6-12;/h2-10,17H,1H3;1H4. The van der Waals surface area contributed by atoms with Crippen molar-refractivity contribution in [2.75, 3.05) is 0 Å². The molecule has 0 spiro atoms. The quantitative estimate of drug-likeness (QED) is 0.764.